The van der Waals surface area contributed by atoms with Gasteiger partial charge in [-0.1, -0.05) is 35.9 Å². The highest BCUT2D eigenvalue weighted by atomic mass is 35.5. The molecule has 0 spiro atoms. The van der Waals surface area contributed by atoms with Gasteiger partial charge in [-0.3, -0.25) is 4.79 Å². The molecule has 0 N–H and O–H groups in total. The highest BCUT2D eigenvalue weighted by Gasteiger charge is 2.50. The fourth-order valence-corrected chi connectivity index (χ4v) is 4.26. The van der Waals surface area contributed by atoms with Crippen LogP contribution in [0.1, 0.15) is 17.2 Å². The van der Waals surface area contributed by atoms with Crippen LogP contribution in [0.25, 0.3) is 0 Å². The molecule has 172 valence electrons. The Hall–Kier alpha value is -3.38. The Morgan fingerprint density at radius 2 is 1.55 bits per heavy atom. The van der Waals surface area contributed by atoms with Gasteiger partial charge in [-0.05, 0) is 60.0 Å². The maximum atomic E-state index is 13.1. The molecule has 2 atom stereocenters. The van der Waals surface area contributed by atoms with Crippen molar-refractivity contribution in [3.8, 4) is 23.0 Å². The van der Waals surface area contributed by atoms with E-state index in [1.165, 1.54) is 0 Å². The number of ether oxygens (including phenoxy) is 4. The Balaban J connectivity index is 1.54. The molecule has 4 rings (SSSR count). The van der Waals surface area contributed by atoms with Crippen LogP contribution in [0, 0.1) is 0 Å². The number of hydrogen-bond acceptors (Lipinski definition) is 5. The maximum Gasteiger partial charge on any atom is 0.266 e. The van der Waals surface area contributed by atoms with E-state index in [0.29, 0.717) is 35.2 Å². The van der Waals surface area contributed by atoms with Crippen molar-refractivity contribution in [1.82, 2.24) is 4.90 Å². The third kappa shape index (κ3) is 4.71. The van der Waals surface area contributed by atoms with Crippen molar-refractivity contribution in [2.45, 2.75) is 18.6 Å². The number of methoxy groups -OCH3 is 3. The smallest absolute Gasteiger partial charge is 0.266 e. The number of nitrogens with zero attached hydrogens (tertiary/aromatic N) is 1. The van der Waals surface area contributed by atoms with Crippen molar-refractivity contribution in [2.24, 2.45) is 0 Å². The molecule has 0 radical (unpaired) electrons. The molecule has 0 aromatic heterocycles. The normalized spacial score (nSPS) is 17.3. The number of amides is 1. The Kier molecular flexibility index (Phi) is 6.94. The molecule has 0 bridgehead atoms. The van der Waals surface area contributed by atoms with Crippen molar-refractivity contribution in [2.75, 3.05) is 27.9 Å². The SMILES string of the molecule is COc1ccc(OC2C(=O)N(CCc3ccc(OC)c(OC)c3)C2c2ccccc2Cl)cc1. The molecule has 6 nitrogen and oxygen atoms in total. The van der Waals surface area contributed by atoms with Gasteiger partial charge < -0.3 is 23.8 Å². The summed E-state index contributed by atoms with van der Waals surface area (Å²) in [6.07, 6.45) is 0.00571. The zero-order valence-electron chi connectivity index (χ0n) is 18.8. The zero-order valence-corrected chi connectivity index (χ0v) is 19.5. The summed E-state index contributed by atoms with van der Waals surface area (Å²) >= 11 is 6.50. The van der Waals surface area contributed by atoms with Crippen molar-refractivity contribution in [3.63, 3.8) is 0 Å². The van der Waals surface area contributed by atoms with Gasteiger partial charge in [-0.25, -0.2) is 0 Å². The van der Waals surface area contributed by atoms with E-state index in [1.807, 2.05) is 47.4 Å². The van der Waals surface area contributed by atoms with Crippen LogP contribution in [-0.4, -0.2) is 44.8 Å². The number of hydrogen-bond donors (Lipinski definition) is 0. The highest BCUT2D eigenvalue weighted by molar-refractivity contribution is 6.31. The Morgan fingerprint density at radius 1 is 0.848 bits per heavy atom. The number of benzene rings is 3. The molecule has 7 heteroatoms. The van der Waals surface area contributed by atoms with Gasteiger partial charge in [-0.15, -0.1) is 0 Å². The lowest BCUT2D eigenvalue weighted by Crippen LogP contribution is -2.61. The molecule has 1 aliphatic heterocycles. The summed E-state index contributed by atoms with van der Waals surface area (Å²) in [5.41, 5.74) is 1.91. The van der Waals surface area contributed by atoms with Gasteiger partial charge in [0.15, 0.2) is 11.5 Å². The second-order valence-electron chi connectivity index (χ2n) is 7.65. The molecule has 3 aromatic rings. The summed E-state index contributed by atoms with van der Waals surface area (Å²) in [7, 11) is 4.82. The number of rotatable bonds is 9. The van der Waals surface area contributed by atoms with E-state index in [2.05, 4.69) is 0 Å². The largest absolute Gasteiger partial charge is 0.497 e. The van der Waals surface area contributed by atoms with Crippen LogP contribution in [-0.2, 0) is 11.2 Å². The summed E-state index contributed by atoms with van der Waals surface area (Å²) < 4.78 is 22.0. The lowest BCUT2D eigenvalue weighted by Gasteiger charge is -2.47. The van der Waals surface area contributed by atoms with Crippen LogP contribution in [0.2, 0.25) is 5.02 Å². The summed E-state index contributed by atoms with van der Waals surface area (Å²) in [6.45, 7) is 0.521. The monoisotopic (exact) mass is 467 g/mol. The van der Waals surface area contributed by atoms with E-state index in [1.54, 1.807) is 45.6 Å². The predicted molar refractivity (Wildman–Crippen MR) is 127 cm³/mol. The first kappa shape index (κ1) is 22.8. The number of β-lactam (4-membered cyclic amide) rings is 1. The average molecular weight is 468 g/mol. The van der Waals surface area contributed by atoms with Gasteiger partial charge in [0.05, 0.1) is 21.3 Å². The summed E-state index contributed by atoms with van der Waals surface area (Å²) in [6, 6.07) is 20.2. The lowest BCUT2D eigenvalue weighted by molar-refractivity contribution is -0.164. The first-order chi connectivity index (χ1) is 16.0. The van der Waals surface area contributed by atoms with Gasteiger partial charge in [0.25, 0.3) is 5.91 Å². The van der Waals surface area contributed by atoms with Crippen LogP contribution < -0.4 is 18.9 Å². The summed E-state index contributed by atoms with van der Waals surface area (Å²) in [4.78, 5) is 14.9. The topological polar surface area (TPSA) is 57.2 Å². The molecule has 33 heavy (non-hydrogen) atoms. The quantitative estimate of drug-likeness (QED) is 0.417. The van der Waals surface area contributed by atoms with E-state index >= 15 is 0 Å². The molecular formula is C26H26ClNO5. The number of likely N-dealkylation sites (tertiary alicyclic amines) is 1. The molecule has 1 amide bonds. The standard InChI is InChI=1S/C26H26ClNO5/c1-30-18-9-11-19(12-10-18)33-25-24(20-6-4-5-7-21(20)27)28(26(25)29)15-14-17-8-13-22(31-2)23(16-17)32-3/h4-13,16,24-25H,14-15H2,1-3H3. The molecule has 3 aromatic carbocycles. The second-order valence-corrected chi connectivity index (χ2v) is 8.06. The van der Waals surface area contributed by atoms with Crippen LogP contribution in [0.4, 0.5) is 0 Å². The fourth-order valence-electron chi connectivity index (χ4n) is 4.01. The number of carbonyl (C=O) groups excluding carboxylic acids is 1. The van der Waals surface area contributed by atoms with Crippen LogP contribution >= 0.6 is 11.6 Å². The van der Waals surface area contributed by atoms with Gasteiger partial charge in [-0.2, -0.15) is 0 Å². The fraction of sp³-hybridized carbons (Fsp3) is 0.269. The molecule has 0 aliphatic carbocycles. The van der Waals surface area contributed by atoms with E-state index in [-0.39, 0.29) is 11.9 Å². The van der Waals surface area contributed by atoms with Gasteiger partial charge in [0.2, 0.25) is 6.10 Å². The zero-order chi connectivity index (χ0) is 23.4. The van der Waals surface area contributed by atoms with Gasteiger partial charge in [0.1, 0.15) is 17.5 Å². The van der Waals surface area contributed by atoms with E-state index in [0.717, 1.165) is 16.9 Å². The van der Waals surface area contributed by atoms with E-state index < -0.39 is 6.10 Å². The van der Waals surface area contributed by atoms with Crippen molar-refractivity contribution in [1.29, 1.82) is 0 Å². The minimum absolute atomic E-state index is 0.0729. The molecule has 1 fully saturated rings. The molecule has 2 unspecified atom stereocenters. The summed E-state index contributed by atoms with van der Waals surface area (Å²) in [5, 5.41) is 0.606. The van der Waals surface area contributed by atoms with Crippen molar-refractivity contribution < 1.29 is 23.7 Å². The minimum atomic E-state index is -0.649. The number of carbonyl (C=O) groups is 1. The molecular weight excluding hydrogens is 442 g/mol. The molecule has 1 heterocycles. The van der Waals surface area contributed by atoms with Gasteiger partial charge in [0, 0.05) is 11.6 Å². The molecule has 0 saturated carbocycles. The maximum absolute atomic E-state index is 13.1. The summed E-state index contributed by atoms with van der Waals surface area (Å²) in [5.74, 6) is 2.58. The number of halogens is 1. The second kappa shape index (κ2) is 10.0. The Labute approximate surface area is 198 Å². The Bertz CT molecular complexity index is 1120. The van der Waals surface area contributed by atoms with Crippen LogP contribution in [0.5, 0.6) is 23.0 Å². The third-order valence-corrected chi connectivity index (χ3v) is 6.13. The van der Waals surface area contributed by atoms with E-state index in [9.17, 15) is 4.79 Å². The first-order valence-corrected chi connectivity index (χ1v) is 11.0. The van der Waals surface area contributed by atoms with E-state index in [4.69, 9.17) is 30.5 Å². The molecule has 1 aliphatic rings. The predicted octanol–water partition coefficient (Wildman–Crippen LogP) is 4.94. The molecule has 1 saturated heterocycles. The Morgan fingerprint density at radius 3 is 2.21 bits per heavy atom. The van der Waals surface area contributed by atoms with Crippen molar-refractivity contribution in [3.05, 3.63) is 82.9 Å². The van der Waals surface area contributed by atoms with Crippen molar-refractivity contribution >= 4 is 17.5 Å². The highest BCUT2D eigenvalue weighted by Crippen LogP contribution is 2.41. The minimum Gasteiger partial charge on any atom is -0.497 e. The van der Waals surface area contributed by atoms with Gasteiger partial charge >= 0.3 is 0 Å². The first-order valence-electron chi connectivity index (χ1n) is 10.6. The van der Waals surface area contributed by atoms with Crippen LogP contribution in [0.15, 0.2) is 66.7 Å². The van der Waals surface area contributed by atoms with Crippen LogP contribution in [0.3, 0.4) is 0 Å². The lowest BCUT2D eigenvalue weighted by atomic mass is 9.89. The average Bonchev–Trinajstić information content (AvgIpc) is 2.86. The third-order valence-electron chi connectivity index (χ3n) is 5.78.